The van der Waals surface area contributed by atoms with Crippen molar-refractivity contribution in [2.75, 3.05) is 26.4 Å². The highest BCUT2D eigenvalue weighted by atomic mass is 16.8. The van der Waals surface area contributed by atoms with Crippen LogP contribution in [0.15, 0.2) is 12.2 Å². The Morgan fingerprint density at radius 2 is 1.22 bits per heavy atom. The molecule has 22 unspecified atom stereocenters. The fourth-order valence-corrected chi connectivity index (χ4v) is 13.1. The van der Waals surface area contributed by atoms with Crippen LogP contribution in [-0.4, -0.2) is 222 Å². The molecule has 8 aliphatic rings. The summed E-state index contributed by atoms with van der Waals surface area (Å²) in [5.74, 6) is -1.20. The second kappa shape index (κ2) is 19.0. The van der Waals surface area contributed by atoms with Crippen LogP contribution < -0.4 is 0 Å². The Morgan fingerprint density at radius 3 is 1.86 bits per heavy atom. The highest BCUT2D eigenvalue weighted by Crippen LogP contribution is 2.72. The first-order chi connectivity index (χ1) is 30.7. The predicted molar refractivity (Wildman–Crippen MR) is 213 cm³/mol. The normalized spacial score (nSPS) is 54.7. The van der Waals surface area contributed by atoms with E-state index in [4.69, 9.17) is 37.9 Å². The number of ether oxygens (including phenoxy) is 8. The number of carbonyl (C=O) groups is 1. The Labute approximate surface area is 375 Å². The Hall–Kier alpha value is -1.59. The summed E-state index contributed by atoms with van der Waals surface area (Å²) in [6.07, 6.45) is -27.2. The van der Waals surface area contributed by atoms with E-state index in [-0.39, 0.29) is 23.2 Å². The number of aliphatic hydroxyl groups is 13. The van der Waals surface area contributed by atoms with Crippen molar-refractivity contribution >= 4 is 5.97 Å². The maximum absolute atomic E-state index is 14.4. The molecule has 0 aromatic carbocycles. The fourth-order valence-electron chi connectivity index (χ4n) is 13.1. The number of aliphatic hydroxyl groups excluding tert-OH is 13. The second-order valence-electron chi connectivity index (χ2n) is 20.3. The number of rotatable bonds is 11. The molecule has 22 nitrogen and oxygen atoms in total. The summed E-state index contributed by atoms with van der Waals surface area (Å²) < 4.78 is 48.0. The van der Waals surface area contributed by atoms with Gasteiger partial charge >= 0.3 is 5.97 Å². The summed E-state index contributed by atoms with van der Waals surface area (Å²) in [5, 5.41) is 137. The van der Waals surface area contributed by atoms with E-state index in [1.54, 1.807) is 0 Å². The van der Waals surface area contributed by atoms with Gasteiger partial charge in [0.2, 0.25) is 6.29 Å². The summed E-state index contributed by atoms with van der Waals surface area (Å²) in [4.78, 5) is 14.4. The Morgan fingerprint density at radius 1 is 0.646 bits per heavy atom. The smallest absolute Gasteiger partial charge is 0.314 e. The van der Waals surface area contributed by atoms with Crippen LogP contribution in [0.5, 0.6) is 0 Å². The summed E-state index contributed by atoms with van der Waals surface area (Å²) in [6.45, 7) is 5.75. The molecule has 0 aromatic rings. The number of esters is 1. The third-order valence-electron chi connectivity index (χ3n) is 16.6. The van der Waals surface area contributed by atoms with Crippen LogP contribution in [0.4, 0.5) is 0 Å². The van der Waals surface area contributed by atoms with Gasteiger partial charge in [-0.3, -0.25) is 4.79 Å². The quantitative estimate of drug-likeness (QED) is 0.0526. The van der Waals surface area contributed by atoms with Crippen molar-refractivity contribution in [3.63, 3.8) is 0 Å². The van der Waals surface area contributed by atoms with Crippen molar-refractivity contribution in [1.82, 2.24) is 0 Å². The van der Waals surface area contributed by atoms with Crippen LogP contribution in [0.1, 0.15) is 65.2 Å². The van der Waals surface area contributed by atoms with Gasteiger partial charge in [0.05, 0.1) is 37.9 Å². The van der Waals surface area contributed by atoms with Crippen molar-refractivity contribution in [2.45, 2.75) is 188 Å². The summed E-state index contributed by atoms with van der Waals surface area (Å²) in [6, 6.07) is 0. The zero-order valence-electron chi connectivity index (χ0n) is 36.5. The molecule has 372 valence electrons. The van der Waals surface area contributed by atoms with Crippen molar-refractivity contribution < 1.29 is 109 Å². The van der Waals surface area contributed by atoms with Crippen molar-refractivity contribution in [2.24, 2.45) is 34.0 Å². The van der Waals surface area contributed by atoms with E-state index in [1.165, 1.54) is 0 Å². The summed E-state index contributed by atoms with van der Waals surface area (Å²) in [7, 11) is 0. The lowest BCUT2D eigenvalue weighted by atomic mass is 9.41. The van der Waals surface area contributed by atoms with Gasteiger partial charge in [0, 0.05) is 5.92 Å². The number of hydrogen-bond donors (Lipinski definition) is 13. The second-order valence-corrected chi connectivity index (χ2v) is 20.3. The molecule has 1 spiro atoms. The molecule has 2 bridgehead atoms. The lowest BCUT2D eigenvalue weighted by Crippen LogP contribution is -2.67. The Bertz CT molecular complexity index is 1690. The molecule has 22 heteroatoms. The molecular weight excluding hydrogens is 868 g/mol. The van der Waals surface area contributed by atoms with E-state index in [2.05, 4.69) is 13.5 Å². The highest BCUT2D eigenvalue weighted by molar-refractivity contribution is 5.77. The predicted octanol–water partition coefficient (Wildman–Crippen LogP) is -4.62. The molecule has 4 heterocycles. The molecule has 26 atom stereocenters. The van der Waals surface area contributed by atoms with Crippen molar-refractivity contribution in [3.8, 4) is 0 Å². The molecule has 0 radical (unpaired) electrons. The first-order valence-corrected chi connectivity index (χ1v) is 22.8. The van der Waals surface area contributed by atoms with Gasteiger partial charge in [-0.15, -0.1) is 0 Å². The standard InChI is InChI=1S/C43H68O22/c1-16-10-43-8-5-23-41(2,6-4-7-42(23,3)40(57)65-38-33(56)30(53)27(50)21(13-45)61-38)24(43)9-19(17(16)11-43)59-39-35(64-36-31(54)25(48)18(47)15-58-36)34(28(51)22(14-46)62-39)63-37-32(55)29(52)26(49)20(12-44)60-37/h17-39,44-56H,1,4-15H2,2-3H3/t17?,18?,19?,20?,21?,22?,23?,24-,25?,26?,27?,28?,29?,30?,31?,32?,33?,34?,35?,36?,37?,38?,39?,41+,42+,43+/m0/s1. The topological polar surface area (TPSA) is 354 Å². The average Bonchev–Trinajstić information content (AvgIpc) is 3.55. The van der Waals surface area contributed by atoms with E-state index in [9.17, 15) is 71.2 Å². The van der Waals surface area contributed by atoms with Crippen LogP contribution in [0.3, 0.4) is 0 Å². The van der Waals surface area contributed by atoms with E-state index in [1.807, 2.05) is 6.92 Å². The van der Waals surface area contributed by atoms with E-state index < -0.39 is 166 Å². The first-order valence-electron chi connectivity index (χ1n) is 22.8. The van der Waals surface area contributed by atoms with Crippen LogP contribution >= 0.6 is 0 Å². The third-order valence-corrected chi connectivity index (χ3v) is 16.6. The maximum atomic E-state index is 14.4. The Balaban J connectivity index is 1.08. The molecule has 0 amide bonds. The van der Waals surface area contributed by atoms with E-state index in [0.29, 0.717) is 38.5 Å². The molecule has 4 aliphatic heterocycles. The lowest BCUT2D eigenvalue weighted by Gasteiger charge is -2.64. The van der Waals surface area contributed by atoms with Crippen LogP contribution in [-0.2, 0) is 42.7 Å². The number of fused-ring (bicyclic) bond motifs is 3. The van der Waals surface area contributed by atoms with Crippen LogP contribution in [0, 0.1) is 34.0 Å². The van der Waals surface area contributed by atoms with Gasteiger partial charge in [0.25, 0.3) is 0 Å². The van der Waals surface area contributed by atoms with Gasteiger partial charge in [-0.25, -0.2) is 0 Å². The van der Waals surface area contributed by atoms with Crippen molar-refractivity contribution in [1.29, 1.82) is 0 Å². The average molecular weight is 937 g/mol. The minimum absolute atomic E-state index is 0.0857. The molecule has 8 rings (SSSR count). The molecule has 0 aromatic heterocycles. The molecule has 4 saturated carbocycles. The van der Waals surface area contributed by atoms with Gasteiger partial charge in [0.15, 0.2) is 18.9 Å². The van der Waals surface area contributed by atoms with Crippen LogP contribution in [0.25, 0.3) is 0 Å². The molecule has 13 N–H and O–H groups in total. The minimum atomic E-state index is -1.92. The van der Waals surface area contributed by atoms with Crippen molar-refractivity contribution in [3.05, 3.63) is 12.2 Å². The van der Waals surface area contributed by atoms with Gasteiger partial charge in [-0.05, 0) is 74.5 Å². The fraction of sp³-hybridized carbons (Fsp3) is 0.930. The molecule has 8 fully saturated rings. The number of hydrogen-bond acceptors (Lipinski definition) is 22. The highest BCUT2D eigenvalue weighted by Gasteiger charge is 2.68. The molecule has 4 saturated heterocycles. The van der Waals surface area contributed by atoms with E-state index >= 15 is 0 Å². The molecule has 65 heavy (non-hydrogen) atoms. The molecular formula is C43H68O22. The summed E-state index contributed by atoms with van der Waals surface area (Å²) >= 11 is 0. The maximum Gasteiger partial charge on any atom is 0.314 e. The first kappa shape index (κ1) is 49.8. The number of carbonyl (C=O) groups excluding carboxylic acids is 1. The van der Waals surface area contributed by atoms with E-state index in [0.717, 1.165) is 18.4 Å². The van der Waals surface area contributed by atoms with Gasteiger partial charge < -0.3 is 104 Å². The minimum Gasteiger partial charge on any atom is -0.432 e. The largest absolute Gasteiger partial charge is 0.432 e. The lowest BCUT2D eigenvalue weighted by molar-refractivity contribution is -0.392. The Kier molecular flexibility index (Phi) is 14.5. The zero-order chi connectivity index (χ0) is 47.1. The van der Waals surface area contributed by atoms with Gasteiger partial charge in [-0.1, -0.05) is 25.5 Å². The monoisotopic (exact) mass is 936 g/mol. The van der Waals surface area contributed by atoms with Crippen LogP contribution in [0.2, 0.25) is 0 Å². The SMILES string of the molecule is C=C1C[C@@]23CCC4[C@](C)(C(=O)OC5OC(CO)C(O)C(O)C5O)CCC[C@@]4(C)[C@@H]2CC(OC2OC(CO)C(O)C(OC4OC(CO)C(O)C(O)C4O)C2OC2OCC(O)C(O)C2O)C1C3. The van der Waals surface area contributed by atoms with Gasteiger partial charge in [0.1, 0.15) is 91.6 Å². The molecule has 4 aliphatic carbocycles. The third kappa shape index (κ3) is 8.53. The summed E-state index contributed by atoms with van der Waals surface area (Å²) in [5.41, 5.74) is -0.884. The van der Waals surface area contributed by atoms with Gasteiger partial charge in [-0.2, -0.15) is 0 Å². The zero-order valence-corrected chi connectivity index (χ0v) is 36.5.